The number of unbranched alkanes of at least 4 members (excludes halogenated alkanes) is 1. The van der Waals surface area contributed by atoms with Crippen LogP contribution < -0.4 is 31.7 Å². The maximum atomic E-state index is 14.1. The van der Waals surface area contributed by atoms with Crippen LogP contribution in [0.4, 0.5) is 0 Å². The van der Waals surface area contributed by atoms with E-state index in [2.05, 4.69) is 26.0 Å². The third kappa shape index (κ3) is 11.0. The van der Waals surface area contributed by atoms with Crippen LogP contribution in [0, 0.1) is 0 Å². The van der Waals surface area contributed by atoms with Gasteiger partial charge in [-0.15, -0.1) is 0 Å². The highest BCUT2D eigenvalue weighted by Crippen LogP contribution is 2.38. The van der Waals surface area contributed by atoms with Gasteiger partial charge in [0.15, 0.2) is 5.78 Å². The molecular formula is C34H49N7O9S. The maximum absolute atomic E-state index is 14.1. The Bertz CT molecular complexity index is 1720. The van der Waals surface area contributed by atoms with Crippen LogP contribution in [0.25, 0.3) is 11.1 Å². The molecule has 280 valence electrons. The predicted octanol–water partition coefficient (Wildman–Crippen LogP) is -0.460. The molecule has 51 heavy (non-hydrogen) atoms. The molecule has 4 amide bonds. The number of phenolic OH excluding ortho intramolecular Hbond substituents is 2. The molecule has 9 N–H and O–H groups in total. The van der Waals surface area contributed by atoms with E-state index in [9.17, 15) is 42.6 Å². The van der Waals surface area contributed by atoms with Gasteiger partial charge < -0.3 is 42.1 Å². The Labute approximate surface area is 298 Å². The van der Waals surface area contributed by atoms with Gasteiger partial charge in [-0.05, 0) is 82.6 Å². The summed E-state index contributed by atoms with van der Waals surface area (Å²) < 4.78 is 28.2. The molecule has 16 nitrogen and oxygen atoms in total. The van der Waals surface area contributed by atoms with Gasteiger partial charge in [-0.25, -0.2) is 13.1 Å². The summed E-state index contributed by atoms with van der Waals surface area (Å²) in [5.74, 6) is -4.11. The van der Waals surface area contributed by atoms with E-state index >= 15 is 0 Å². The summed E-state index contributed by atoms with van der Waals surface area (Å²) in [6.07, 6.45) is 0.923. The minimum atomic E-state index is -3.94. The zero-order valence-electron chi connectivity index (χ0n) is 29.5. The lowest BCUT2D eigenvalue weighted by Crippen LogP contribution is -2.56. The van der Waals surface area contributed by atoms with Crippen molar-refractivity contribution in [3.8, 4) is 22.6 Å². The molecule has 2 aromatic carbocycles. The lowest BCUT2D eigenvalue weighted by atomic mass is 9.93. The fourth-order valence-electron chi connectivity index (χ4n) is 5.54. The first-order valence-corrected chi connectivity index (χ1v) is 18.3. The van der Waals surface area contributed by atoms with Crippen LogP contribution in [0.5, 0.6) is 11.5 Å². The summed E-state index contributed by atoms with van der Waals surface area (Å²) >= 11 is 0. The van der Waals surface area contributed by atoms with Crippen molar-refractivity contribution in [3.05, 3.63) is 47.5 Å². The molecule has 0 saturated heterocycles. The Balaban J connectivity index is 2.15. The third-order valence-electron chi connectivity index (χ3n) is 8.65. The number of nitrogens with zero attached hydrogens (tertiary/aromatic N) is 1. The maximum Gasteiger partial charge on any atom is 0.248 e. The van der Waals surface area contributed by atoms with E-state index in [1.54, 1.807) is 7.05 Å². The van der Waals surface area contributed by atoms with Crippen LogP contribution in [0.3, 0.4) is 0 Å². The average molecular weight is 732 g/mol. The van der Waals surface area contributed by atoms with Crippen LogP contribution in [0.15, 0.2) is 36.4 Å². The number of fused-ring (bicyclic) bond motifs is 5. The summed E-state index contributed by atoms with van der Waals surface area (Å²) in [5.41, 5.74) is 6.53. The Hall–Kier alpha value is -4.58. The number of ketones is 1. The number of Topliss-reactive ketones (excluding diaryl/α,β-unsaturated/α-hetero) is 1. The number of carbonyl (C=O) groups is 5. The van der Waals surface area contributed by atoms with Crippen molar-refractivity contribution in [2.24, 2.45) is 5.73 Å². The van der Waals surface area contributed by atoms with Crippen LogP contribution in [-0.2, 0) is 40.4 Å². The van der Waals surface area contributed by atoms with Crippen LogP contribution in [-0.4, -0.2) is 110 Å². The lowest BCUT2D eigenvalue weighted by Gasteiger charge is -2.32. The zero-order valence-corrected chi connectivity index (χ0v) is 30.3. The average Bonchev–Trinajstić information content (AvgIpc) is 3.07. The van der Waals surface area contributed by atoms with Gasteiger partial charge in [-0.3, -0.25) is 24.0 Å². The smallest absolute Gasteiger partial charge is 0.248 e. The first-order valence-electron chi connectivity index (χ1n) is 16.7. The number of nitrogens with one attached hydrogen (secondary N) is 5. The number of sulfonamides is 1. The minimum absolute atomic E-state index is 0.0771. The van der Waals surface area contributed by atoms with E-state index in [1.165, 1.54) is 64.2 Å². The van der Waals surface area contributed by atoms with Gasteiger partial charge in [0, 0.05) is 31.1 Å². The van der Waals surface area contributed by atoms with E-state index < -0.39 is 63.9 Å². The monoisotopic (exact) mass is 731 g/mol. The van der Waals surface area contributed by atoms with Crippen molar-refractivity contribution < 1.29 is 42.6 Å². The van der Waals surface area contributed by atoms with Crippen LogP contribution >= 0.6 is 0 Å². The van der Waals surface area contributed by atoms with E-state index in [0.717, 1.165) is 4.90 Å². The number of likely N-dealkylation sites (N-methyl/N-ethyl adjacent to an activating group) is 1. The van der Waals surface area contributed by atoms with E-state index in [4.69, 9.17) is 5.73 Å². The molecule has 1 aliphatic rings. The second-order valence-corrected chi connectivity index (χ2v) is 14.6. The Kier molecular flexibility index (Phi) is 14.5. The van der Waals surface area contributed by atoms with E-state index in [0.29, 0.717) is 24.9 Å². The minimum Gasteiger partial charge on any atom is -0.507 e. The molecular weight excluding hydrogens is 682 g/mol. The molecule has 2 aromatic rings. The lowest BCUT2D eigenvalue weighted by molar-refractivity contribution is -0.141. The number of phenols is 2. The molecule has 1 heterocycles. The molecule has 0 radical (unpaired) electrons. The number of benzene rings is 2. The van der Waals surface area contributed by atoms with Crippen molar-refractivity contribution >= 4 is 39.4 Å². The van der Waals surface area contributed by atoms with Crippen molar-refractivity contribution in [1.29, 1.82) is 0 Å². The van der Waals surface area contributed by atoms with Gasteiger partial charge in [-0.2, -0.15) is 0 Å². The number of nitrogens with two attached hydrogens (primary N) is 1. The highest BCUT2D eigenvalue weighted by atomic mass is 32.2. The van der Waals surface area contributed by atoms with E-state index in [-0.39, 0.29) is 59.1 Å². The highest BCUT2D eigenvalue weighted by Gasteiger charge is 2.36. The SMILES string of the molecule is CNCCS(=O)(=O)N[C@@H](CCCCN)C(=O)N(C)[C@@H]1C(=O)N[C@@H](C)C(=O)N[C@H](C(=O)N[C@@H](C)C(C)=O)Cc2ccc(O)c(c2)-c2cc1ccc2O. The molecule has 17 heteroatoms. The van der Waals surface area contributed by atoms with Crippen LogP contribution in [0.2, 0.25) is 0 Å². The first kappa shape index (κ1) is 40.8. The second-order valence-electron chi connectivity index (χ2n) is 12.7. The number of amides is 4. The standard InChI is InChI=1S/C34H49N7O9S/c1-19(21(3)42)37-32(46)27-17-22-9-11-28(43)24(16-22)25-18-23(10-12-29(25)44)30(33(47)38-20(2)31(45)39-27)41(5)34(48)26(8-6-7-13-35)40-51(49,50)15-14-36-4/h9-12,16,18-20,26-27,30,36,40,43-44H,6-8,13-15,17,35H2,1-5H3,(H,37,46)(H,38,47)(H,39,45)/t19-,20-,26-,27-,30-/m0/s1. The summed E-state index contributed by atoms with van der Waals surface area (Å²) in [6, 6.07) is 2.48. The quantitative estimate of drug-likeness (QED) is 0.116. The molecule has 0 spiro atoms. The van der Waals surface area contributed by atoms with Crippen molar-refractivity contribution in [2.75, 3.05) is 32.9 Å². The van der Waals surface area contributed by atoms with E-state index in [1.807, 2.05) is 0 Å². The largest absolute Gasteiger partial charge is 0.507 e. The number of carbonyl (C=O) groups excluding carboxylic acids is 5. The fraction of sp³-hybridized carbons (Fsp3) is 0.500. The van der Waals surface area contributed by atoms with Gasteiger partial charge in [0.1, 0.15) is 35.7 Å². The molecule has 1 aliphatic heterocycles. The molecule has 0 aliphatic carbocycles. The second kappa shape index (κ2) is 18.1. The normalized spacial score (nSPS) is 19.1. The topological polar surface area (TPSA) is 249 Å². The molecule has 0 aromatic heterocycles. The molecule has 0 saturated carbocycles. The Morgan fingerprint density at radius 1 is 1.02 bits per heavy atom. The predicted molar refractivity (Wildman–Crippen MR) is 190 cm³/mol. The molecule has 3 rings (SSSR count). The summed E-state index contributed by atoms with van der Waals surface area (Å²) in [7, 11) is -1.03. The molecule has 4 bridgehead atoms. The van der Waals surface area contributed by atoms with Gasteiger partial charge in [0.25, 0.3) is 0 Å². The van der Waals surface area contributed by atoms with Crippen molar-refractivity contribution in [2.45, 2.75) is 76.7 Å². The number of rotatable bonds is 14. The number of hydrogen-bond donors (Lipinski definition) is 8. The summed E-state index contributed by atoms with van der Waals surface area (Å²) in [5, 5.41) is 32.4. The highest BCUT2D eigenvalue weighted by molar-refractivity contribution is 7.89. The summed E-state index contributed by atoms with van der Waals surface area (Å²) in [4.78, 5) is 67.9. The zero-order chi connectivity index (χ0) is 38.0. The number of hydrogen-bond acceptors (Lipinski definition) is 11. The van der Waals surface area contributed by atoms with Crippen molar-refractivity contribution in [3.63, 3.8) is 0 Å². The fourth-order valence-corrected chi connectivity index (χ4v) is 6.79. The van der Waals surface area contributed by atoms with Gasteiger partial charge in [0.2, 0.25) is 33.7 Å². The number of aromatic hydroxyl groups is 2. The Morgan fingerprint density at radius 3 is 2.29 bits per heavy atom. The van der Waals surface area contributed by atoms with Gasteiger partial charge >= 0.3 is 0 Å². The molecule has 0 fully saturated rings. The van der Waals surface area contributed by atoms with Gasteiger partial charge in [0.05, 0.1) is 11.8 Å². The third-order valence-corrected chi connectivity index (χ3v) is 10.0. The van der Waals surface area contributed by atoms with Crippen LogP contribution in [0.1, 0.15) is 57.2 Å². The summed E-state index contributed by atoms with van der Waals surface area (Å²) in [6.45, 7) is 4.63. The van der Waals surface area contributed by atoms with Gasteiger partial charge in [-0.1, -0.05) is 18.6 Å². The Morgan fingerprint density at radius 2 is 1.67 bits per heavy atom. The molecule has 0 unspecified atom stereocenters. The first-order chi connectivity index (χ1) is 24.0. The molecule has 5 atom stereocenters. The van der Waals surface area contributed by atoms with Crippen molar-refractivity contribution in [1.82, 2.24) is 30.9 Å².